The third-order valence-electron chi connectivity index (χ3n) is 8.07. The highest BCUT2D eigenvalue weighted by atomic mass is 19.1. The summed E-state index contributed by atoms with van der Waals surface area (Å²) in [6, 6.07) is 9.29. The maximum absolute atomic E-state index is 13.2. The molecule has 0 radical (unpaired) electrons. The van der Waals surface area contributed by atoms with Gasteiger partial charge in [-0.15, -0.1) is 6.58 Å². The van der Waals surface area contributed by atoms with Crippen LogP contribution in [0.2, 0.25) is 0 Å². The van der Waals surface area contributed by atoms with Crippen molar-refractivity contribution in [3.05, 3.63) is 119 Å². The molecule has 4 heteroatoms. The van der Waals surface area contributed by atoms with E-state index in [-0.39, 0.29) is 17.8 Å². The van der Waals surface area contributed by atoms with Crippen LogP contribution in [0.1, 0.15) is 119 Å². The van der Waals surface area contributed by atoms with Crippen LogP contribution in [0.25, 0.3) is 0 Å². The minimum absolute atomic E-state index is 0.147. The molecule has 3 rings (SSSR count). The molecule has 1 aromatic rings. The first-order valence-electron chi connectivity index (χ1n) is 17.7. The van der Waals surface area contributed by atoms with E-state index in [4.69, 9.17) is 11.5 Å². The minimum atomic E-state index is -0.180. The molecular weight excluding hydrogens is 577 g/mol. The van der Waals surface area contributed by atoms with Gasteiger partial charge in [0.1, 0.15) is 5.82 Å². The highest BCUT2D eigenvalue weighted by molar-refractivity contribution is 5.51. The smallest absolute Gasteiger partial charge is 0.123 e. The molecule has 1 saturated carbocycles. The topological polar surface area (TPSA) is 75.8 Å². The molecule has 0 heterocycles. The molecule has 2 aliphatic rings. The van der Waals surface area contributed by atoms with Crippen LogP contribution in [0.5, 0.6) is 0 Å². The van der Waals surface area contributed by atoms with Gasteiger partial charge in [0.15, 0.2) is 0 Å². The number of aryl methyl sites for hydroxylation is 1. The van der Waals surface area contributed by atoms with Gasteiger partial charge in [0.2, 0.25) is 0 Å². The Balaban J connectivity index is 0. The molecule has 0 saturated heterocycles. The molecule has 1 fully saturated rings. The summed E-state index contributed by atoms with van der Waals surface area (Å²) in [4.78, 5) is 0. The van der Waals surface area contributed by atoms with Crippen LogP contribution in [-0.4, -0.2) is 12.6 Å². The third-order valence-corrected chi connectivity index (χ3v) is 8.07. The summed E-state index contributed by atoms with van der Waals surface area (Å²) in [6.45, 7) is 28.4. The lowest BCUT2D eigenvalue weighted by Gasteiger charge is -2.17. The van der Waals surface area contributed by atoms with Gasteiger partial charge in [-0.05, 0) is 119 Å². The Morgan fingerprint density at radius 1 is 1.09 bits per heavy atom. The van der Waals surface area contributed by atoms with Gasteiger partial charge in [0.25, 0.3) is 0 Å². The van der Waals surface area contributed by atoms with E-state index in [1.807, 2.05) is 40.7 Å². The minimum Gasteiger partial charge on any atom is -0.330 e. The van der Waals surface area contributed by atoms with Gasteiger partial charge in [0.05, 0.1) is 6.07 Å². The average molecular weight is 646 g/mol. The van der Waals surface area contributed by atoms with Crippen molar-refractivity contribution in [2.24, 2.45) is 23.3 Å². The van der Waals surface area contributed by atoms with Crippen LogP contribution in [0, 0.1) is 29.0 Å². The number of allylic oxidation sites excluding steroid dienone is 10. The lowest BCUT2D eigenvalue weighted by molar-refractivity contribution is 0.612. The predicted molar refractivity (Wildman–Crippen MR) is 207 cm³/mol. The Bertz CT molecular complexity index is 1200. The molecule has 0 spiro atoms. The summed E-state index contributed by atoms with van der Waals surface area (Å²) in [5.41, 5.74) is 18.2. The van der Waals surface area contributed by atoms with Crippen molar-refractivity contribution in [1.29, 1.82) is 5.26 Å². The molecule has 1 aromatic carbocycles. The quantitative estimate of drug-likeness (QED) is 0.186. The molecule has 2 atom stereocenters. The van der Waals surface area contributed by atoms with Crippen LogP contribution in [0.3, 0.4) is 0 Å². The second kappa shape index (κ2) is 28.9. The van der Waals surface area contributed by atoms with Crippen molar-refractivity contribution in [1.82, 2.24) is 0 Å². The van der Waals surface area contributed by atoms with Gasteiger partial charge in [0, 0.05) is 11.6 Å². The third kappa shape index (κ3) is 22.0. The van der Waals surface area contributed by atoms with Gasteiger partial charge in [-0.2, -0.15) is 5.26 Å². The number of benzene rings is 1. The molecule has 2 aliphatic carbocycles. The molecule has 2 unspecified atom stereocenters. The Labute approximate surface area is 289 Å². The zero-order valence-corrected chi connectivity index (χ0v) is 31.3. The van der Waals surface area contributed by atoms with E-state index < -0.39 is 0 Å². The van der Waals surface area contributed by atoms with Gasteiger partial charge >= 0.3 is 0 Å². The molecule has 0 amide bonds. The molecule has 4 N–H and O–H groups in total. The van der Waals surface area contributed by atoms with Crippen molar-refractivity contribution >= 4 is 0 Å². The standard InChI is InChI=1S/C25H28FN.C7H16N2.C6H12.C3H6.C2H6/c1-18(8-5-10-22-11-7-12-23(26)16-22)19(2)14-15-21(4)24-13-6-9-20(3)25(24)17-27;1-6(2)7(9)4-3-5-8;1-6-4-2-3-5-6;1-3-2;1-2/h6-7,11-16,20H,1,5,8-10H2,2-4H3;7H,1,3-5,8-9H2,2H3;6H,2-5H2,1H3;3H,1H2,2H3;1-2H3/b19-14-,21-15+;;;;. The second-order valence-electron chi connectivity index (χ2n) is 12.4. The fourth-order valence-corrected chi connectivity index (χ4v) is 4.94. The normalized spacial score (nSPS) is 16.4. The number of halogens is 1. The van der Waals surface area contributed by atoms with Crippen LogP contribution < -0.4 is 11.5 Å². The van der Waals surface area contributed by atoms with Gasteiger partial charge in [-0.25, -0.2) is 4.39 Å². The number of nitriles is 1. The Hall–Kier alpha value is -3.26. The van der Waals surface area contributed by atoms with Crippen molar-refractivity contribution < 1.29 is 4.39 Å². The fourth-order valence-electron chi connectivity index (χ4n) is 4.94. The Morgan fingerprint density at radius 3 is 2.19 bits per heavy atom. The second-order valence-corrected chi connectivity index (χ2v) is 12.4. The molecule has 0 bridgehead atoms. The van der Waals surface area contributed by atoms with Crippen molar-refractivity contribution in [3.63, 3.8) is 0 Å². The van der Waals surface area contributed by atoms with E-state index in [1.165, 1.54) is 31.7 Å². The highest BCUT2D eigenvalue weighted by Crippen LogP contribution is 2.29. The number of hydrogen-bond acceptors (Lipinski definition) is 3. The first-order chi connectivity index (χ1) is 22.4. The lowest BCUT2D eigenvalue weighted by Crippen LogP contribution is -2.21. The van der Waals surface area contributed by atoms with Crippen LogP contribution >= 0.6 is 0 Å². The summed E-state index contributed by atoms with van der Waals surface area (Å²) < 4.78 is 13.2. The number of nitrogens with zero attached hydrogens (tertiary/aromatic N) is 1. The Morgan fingerprint density at radius 2 is 1.70 bits per heavy atom. The van der Waals surface area contributed by atoms with E-state index in [9.17, 15) is 9.65 Å². The zero-order chi connectivity index (χ0) is 36.2. The van der Waals surface area contributed by atoms with Crippen molar-refractivity contribution in [2.45, 2.75) is 126 Å². The summed E-state index contributed by atoms with van der Waals surface area (Å²) in [7, 11) is 0. The van der Waals surface area contributed by atoms with Crippen molar-refractivity contribution in [3.8, 4) is 6.07 Å². The summed E-state index contributed by atoms with van der Waals surface area (Å²) in [6.07, 6.45) is 21.6. The summed E-state index contributed by atoms with van der Waals surface area (Å²) in [5.74, 6) is 1.14. The van der Waals surface area contributed by atoms with E-state index in [0.29, 0.717) is 0 Å². The number of rotatable bonds is 11. The maximum atomic E-state index is 13.2. The van der Waals surface area contributed by atoms with Gasteiger partial charge < -0.3 is 11.5 Å². The first kappa shape index (κ1) is 45.9. The predicted octanol–water partition coefficient (Wildman–Crippen LogP) is 12.1. The largest absolute Gasteiger partial charge is 0.330 e. The molecular formula is C43H68FN3. The monoisotopic (exact) mass is 646 g/mol. The van der Waals surface area contributed by atoms with Gasteiger partial charge in [-0.3, -0.25) is 0 Å². The average Bonchev–Trinajstić information content (AvgIpc) is 3.54. The summed E-state index contributed by atoms with van der Waals surface area (Å²) >= 11 is 0. The summed E-state index contributed by atoms with van der Waals surface area (Å²) in [5, 5.41) is 9.43. The Kier molecular flexibility index (Phi) is 28.2. The van der Waals surface area contributed by atoms with Crippen LogP contribution in [0.4, 0.5) is 4.39 Å². The SMILES string of the molecule is C=C(C)C(N)CCCN.C=C(CCCc1cccc(F)c1)/C(C)=C\C=C(/C)C1=C(C#N)C(C)CC=C1.C=CC.CC.CC1CCCC1. The van der Waals surface area contributed by atoms with Crippen LogP contribution in [0.15, 0.2) is 108 Å². The molecule has 262 valence electrons. The highest BCUT2D eigenvalue weighted by Gasteiger charge is 2.16. The number of hydrogen-bond donors (Lipinski definition) is 2. The molecule has 0 aliphatic heterocycles. The molecule has 0 aromatic heterocycles. The fraction of sp³-hybridized carbons (Fsp3) is 0.512. The lowest BCUT2D eigenvalue weighted by atomic mass is 9.86. The number of nitrogens with two attached hydrogens (primary N) is 2. The first-order valence-corrected chi connectivity index (χ1v) is 17.7. The van der Waals surface area contributed by atoms with Crippen LogP contribution in [-0.2, 0) is 6.42 Å². The van der Waals surface area contributed by atoms with Crippen molar-refractivity contribution in [2.75, 3.05) is 6.54 Å². The molecule has 3 nitrogen and oxygen atoms in total. The van der Waals surface area contributed by atoms with E-state index in [1.54, 1.807) is 18.2 Å². The van der Waals surface area contributed by atoms with E-state index >= 15 is 0 Å². The zero-order valence-electron chi connectivity index (χ0n) is 31.3. The van der Waals surface area contributed by atoms with E-state index in [0.717, 1.165) is 90.0 Å². The maximum Gasteiger partial charge on any atom is 0.123 e. The van der Waals surface area contributed by atoms with E-state index in [2.05, 4.69) is 70.9 Å². The van der Waals surface area contributed by atoms with Gasteiger partial charge in [-0.1, -0.05) is 120 Å². The molecule has 47 heavy (non-hydrogen) atoms.